The molecular formula is C19H19NO4S. The van der Waals surface area contributed by atoms with Crippen LogP contribution in [0.4, 0.5) is 0 Å². The van der Waals surface area contributed by atoms with Crippen molar-refractivity contribution in [3.63, 3.8) is 0 Å². The van der Waals surface area contributed by atoms with Gasteiger partial charge in [-0.2, -0.15) is 8.42 Å². The van der Waals surface area contributed by atoms with Crippen molar-refractivity contribution < 1.29 is 17.5 Å². The second-order valence-corrected chi connectivity index (χ2v) is 7.01. The summed E-state index contributed by atoms with van der Waals surface area (Å²) < 4.78 is 28.0. The molecule has 0 heterocycles. The minimum Gasteiger partial charge on any atom is -0.267 e. The van der Waals surface area contributed by atoms with Gasteiger partial charge in [-0.05, 0) is 42.8 Å². The lowest BCUT2D eigenvalue weighted by atomic mass is 10.1. The third-order valence-electron chi connectivity index (χ3n) is 3.22. The van der Waals surface area contributed by atoms with Gasteiger partial charge in [-0.25, -0.2) is 5.06 Å². The fraction of sp³-hybridized carbons (Fsp3) is 0.211. The molecule has 0 bridgehead atoms. The Morgan fingerprint density at radius 2 is 1.56 bits per heavy atom. The smallest absolute Gasteiger partial charge is 0.267 e. The maximum Gasteiger partial charge on any atom is 0.288 e. The summed E-state index contributed by atoms with van der Waals surface area (Å²) in [5, 5.41) is 0.732. The van der Waals surface area contributed by atoms with Crippen LogP contribution in [0.5, 0.6) is 0 Å². The van der Waals surface area contributed by atoms with E-state index in [1.807, 2.05) is 30.3 Å². The van der Waals surface area contributed by atoms with Crippen LogP contribution in [-0.2, 0) is 14.4 Å². The van der Waals surface area contributed by atoms with Crippen molar-refractivity contribution in [2.75, 3.05) is 12.8 Å². The Labute approximate surface area is 148 Å². The van der Waals surface area contributed by atoms with E-state index in [1.54, 1.807) is 31.2 Å². The fourth-order valence-electron chi connectivity index (χ4n) is 2.04. The molecule has 0 radical (unpaired) electrons. The van der Waals surface area contributed by atoms with E-state index in [0.29, 0.717) is 12.0 Å². The summed E-state index contributed by atoms with van der Waals surface area (Å²) in [6.07, 6.45) is 0.416. The van der Waals surface area contributed by atoms with Crippen LogP contribution in [0.15, 0.2) is 54.6 Å². The lowest BCUT2D eigenvalue weighted by Gasteiger charge is -2.15. The molecule has 2 aromatic rings. The molecule has 0 atom stereocenters. The molecule has 5 nitrogen and oxygen atoms in total. The van der Waals surface area contributed by atoms with E-state index >= 15 is 0 Å². The highest BCUT2D eigenvalue weighted by molar-refractivity contribution is 7.86. The van der Waals surface area contributed by atoms with E-state index in [1.165, 1.54) is 7.05 Å². The highest BCUT2D eigenvalue weighted by Gasteiger charge is 2.19. The van der Waals surface area contributed by atoms with Gasteiger partial charge >= 0.3 is 0 Å². The number of nitrogens with zero attached hydrogens (tertiary/aromatic N) is 1. The second-order valence-electron chi connectivity index (χ2n) is 5.33. The van der Waals surface area contributed by atoms with E-state index in [2.05, 4.69) is 11.8 Å². The van der Waals surface area contributed by atoms with Gasteiger partial charge in [0, 0.05) is 23.7 Å². The molecule has 25 heavy (non-hydrogen) atoms. The van der Waals surface area contributed by atoms with Gasteiger partial charge in [0.15, 0.2) is 0 Å². The van der Waals surface area contributed by atoms with Crippen molar-refractivity contribution in [1.82, 2.24) is 5.06 Å². The van der Waals surface area contributed by atoms with Crippen LogP contribution in [0.3, 0.4) is 0 Å². The number of hydrogen-bond donors (Lipinski definition) is 0. The lowest BCUT2D eigenvalue weighted by molar-refractivity contribution is -0.00874. The molecule has 6 heteroatoms. The molecule has 0 spiro atoms. The molecule has 2 aromatic carbocycles. The van der Waals surface area contributed by atoms with E-state index < -0.39 is 16.0 Å². The normalized spacial score (nSPS) is 10.6. The van der Waals surface area contributed by atoms with Crippen LogP contribution in [-0.4, -0.2) is 32.2 Å². The number of benzene rings is 2. The van der Waals surface area contributed by atoms with Crippen LogP contribution < -0.4 is 0 Å². The van der Waals surface area contributed by atoms with E-state index in [-0.39, 0.29) is 5.75 Å². The molecule has 0 aromatic heterocycles. The van der Waals surface area contributed by atoms with Crippen molar-refractivity contribution >= 4 is 16.0 Å². The summed E-state index contributed by atoms with van der Waals surface area (Å²) in [7, 11) is -2.47. The van der Waals surface area contributed by atoms with E-state index in [0.717, 1.165) is 16.2 Å². The quantitative estimate of drug-likeness (QED) is 0.610. The minimum atomic E-state index is -3.75. The van der Waals surface area contributed by atoms with Crippen LogP contribution in [0.25, 0.3) is 0 Å². The number of hydroxylamine groups is 2. The Morgan fingerprint density at radius 1 is 1.00 bits per heavy atom. The molecule has 0 unspecified atom stereocenters. The lowest BCUT2D eigenvalue weighted by Crippen LogP contribution is -2.30. The zero-order valence-electron chi connectivity index (χ0n) is 14.1. The van der Waals surface area contributed by atoms with Crippen molar-refractivity contribution in [2.45, 2.75) is 13.3 Å². The van der Waals surface area contributed by atoms with Crippen molar-refractivity contribution in [1.29, 1.82) is 0 Å². The number of hydrogen-bond acceptors (Lipinski definition) is 4. The van der Waals surface area contributed by atoms with Crippen molar-refractivity contribution in [3.05, 3.63) is 71.3 Å². The van der Waals surface area contributed by atoms with Gasteiger partial charge in [-0.3, -0.25) is 4.79 Å². The van der Waals surface area contributed by atoms with Crippen LogP contribution in [0.1, 0.15) is 34.8 Å². The SMILES string of the molecule is CCCS(=O)(=O)ON(C)C(=O)c1ccc(C#Cc2ccccc2)cc1. The minimum absolute atomic E-state index is 0.140. The average molecular weight is 357 g/mol. The summed E-state index contributed by atoms with van der Waals surface area (Å²) >= 11 is 0. The third-order valence-corrected chi connectivity index (χ3v) is 4.58. The van der Waals surface area contributed by atoms with Gasteiger partial charge in [0.2, 0.25) is 0 Å². The highest BCUT2D eigenvalue weighted by Crippen LogP contribution is 2.09. The molecular weight excluding hydrogens is 338 g/mol. The molecule has 2 rings (SSSR count). The Kier molecular flexibility index (Phi) is 6.34. The Hall–Kier alpha value is -2.62. The molecule has 0 saturated heterocycles. The van der Waals surface area contributed by atoms with E-state index in [9.17, 15) is 13.2 Å². The maximum absolute atomic E-state index is 12.2. The molecule has 0 N–H and O–H groups in total. The average Bonchev–Trinajstić information content (AvgIpc) is 2.60. The fourth-order valence-corrected chi connectivity index (χ4v) is 3.02. The first-order chi connectivity index (χ1) is 11.9. The first-order valence-corrected chi connectivity index (χ1v) is 9.36. The standard InChI is InChI=1S/C19H19NO4S/c1-3-15-25(22,23)24-20(2)19(21)18-13-11-17(12-14-18)10-9-16-7-5-4-6-8-16/h4-8,11-14H,3,15H2,1-2H3. The second kappa shape index (κ2) is 8.47. The highest BCUT2D eigenvalue weighted by atomic mass is 32.2. The topological polar surface area (TPSA) is 63.7 Å². The third kappa shape index (κ3) is 5.75. The maximum atomic E-state index is 12.2. The first kappa shape index (κ1) is 18.7. The van der Waals surface area contributed by atoms with Gasteiger partial charge in [-0.15, -0.1) is 4.28 Å². The van der Waals surface area contributed by atoms with Gasteiger partial charge in [-0.1, -0.05) is 37.0 Å². The summed E-state index contributed by atoms with van der Waals surface area (Å²) in [5.74, 6) is 5.36. The summed E-state index contributed by atoms with van der Waals surface area (Å²) in [5.41, 5.74) is 1.97. The molecule has 0 aliphatic rings. The van der Waals surface area contributed by atoms with Crippen molar-refractivity contribution in [3.8, 4) is 11.8 Å². The molecule has 0 aliphatic heterocycles. The summed E-state index contributed by atoms with van der Waals surface area (Å²) in [6, 6.07) is 16.2. The van der Waals surface area contributed by atoms with Gasteiger partial charge in [0.1, 0.15) is 0 Å². The van der Waals surface area contributed by atoms with Crippen LogP contribution >= 0.6 is 0 Å². The zero-order valence-corrected chi connectivity index (χ0v) is 14.9. The molecule has 0 fully saturated rings. The molecule has 0 saturated carbocycles. The van der Waals surface area contributed by atoms with Crippen LogP contribution in [0.2, 0.25) is 0 Å². The zero-order chi connectivity index (χ0) is 18.3. The summed E-state index contributed by atoms with van der Waals surface area (Å²) in [6.45, 7) is 1.72. The number of amides is 1. The van der Waals surface area contributed by atoms with Gasteiger partial charge in [0.25, 0.3) is 16.0 Å². The Bertz CT molecular complexity index is 879. The molecule has 130 valence electrons. The molecule has 1 amide bonds. The van der Waals surface area contributed by atoms with Crippen LogP contribution in [0, 0.1) is 11.8 Å². The number of carbonyl (C=O) groups excluding carboxylic acids is 1. The first-order valence-electron chi connectivity index (χ1n) is 7.79. The largest absolute Gasteiger partial charge is 0.288 e. The number of carbonyl (C=O) groups is 1. The van der Waals surface area contributed by atoms with Gasteiger partial charge < -0.3 is 0 Å². The Morgan fingerprint density at radius 3 is 2.12 bits per heavy atom. The predicted octanol–water partition coefficient (Wildman–Crippen LogP) is 2.83. The predicted molar refractivity (Wildman–Crippen MR) is 96.1 cm³/mol. The number of rotatable bonds is 5. The van der Waals surface area contributed by atoms with E-state index in [4.69, 9.17) is 4.28 Å². The monoisotopic (exact) mass is 357 g/mol. The summed E-state index contributed by atoms with van der Waals surface area (Å²) in [4.78, 5) is 12.2. The van der Waals surface area contributed by atoms with Crippen molar-refractivity contribution in [2.24, 2.45) is 0 Å². The Balaban J connectivity index is 2.06. The molecule has 0 aliphatic carbocycles. The van der Waals surface area contributed by atoms with Gasteiger partial charge in [0.05, 0.1) is 5.75 Å².